The SMILES string of the molecule is NC(=O)c1cc(N)ccc1Sc1ccc(F)cc1. The lowest BCUT2D eigenvalue weighted by Crippen LogP contribution is -2.12. The van der Waals surface area contributed by atoms with Crippen LogP contribution >= 0.6 is 11.8 Å². The van der Waals surface area contributed by atoms with Crippen molar-refractivity contribution in [1.29, 1.82) is 0 Å². The quantitative estimate of drug-likeness (QED) is 0.835. The number of primary amides is 1. The van der Waals surface area contributed by atoms with Gasteiger partial charge in [0.25, 0.3) is 0 Å². The van der Waals surface area contributed by atoms with Crippen LogP contribution in [0.2, 0.25) is 0 Å². The third kappa shape index (κ3) is 2.81. The van der Waals surface area contributed by atoms with E-state index in [0.29, 0.717) is 16.1 Å². The molecule has 0 radical (unpaired) electrons. The topological polar surface area (TPSA) is 69.1 Å². The van der Waals surface area contributed by atoms with Crippen LogP contribution in [0, 0.1) is 5.82 Å². The minimum atomic E-state index is -0.535. The fraction of sp³-hybridized carbons (Fsp3) is 0. The molecular formula is C13H11FN2OS. The average Bonchev–Trinajstić information content (AvgIpc) is 2.34. The maximum absolute atomic E-state index is 12.8. The normalized spacial score (nSPS) is 10.3. The fourth-order valence-electron chi connectivity index (χ4n) is 1.46. The van der Waals surface area contributed by atoms with Gasteiger partial charge in [-0.3, -0.25) is 4.79 Å². The van der Waals surface area contributed by atoms with Crippen molar-refractivity contribution in [3.05, 3.63) is 53.8 Å². The third-order valence-electron chi connectivity index (χ3n) is 2.31. The van der Waals surface area contributed by atoms with Crippen LogP contribution in [0.1, 0.15) is 10.4 Å². The predicted molar refractivity (Wildman–Crippen MR) is 69.9 cm³/mol. The number of rotatable bonds is 3. The maximum atomic E-state index is 12.8. The monoisotopic (exact) mass is 262 g/mol. The molecule has 0 saturated carbocycles. The van der Waals surface area contributed by atoms with Crippen LogP contribution < -0.4 is 11.5 Å². The van der Waals surface area contributed by atoms with E-state index >= 15 is 0 Å². The summed E-state index contributed by atoms with van der Waals surface area (Å²) in [6.07, 6.45) is 0. The summed E-state index contributed by atoms with van der Waals surface area (Å²) >= 11 is 1.34. The first-order chi connectivity index (χ1) is 8.56. The number of halogens is 1. The fourth-order valence-corrected chi connectivity index (χ4v) is 2.39. The second-order valence-corrected chi connectivity index (χ2v) is 4.79. The van der Waals surface area contributed by atoms with Gasteiger partial charge in [0.2, 0.25) is 5.91 Å². The Morgan fingerprint density at radius 3 is 2.39 bits per heavy atom. The Kier molecular flexibility index (Phi) is 3.53. The van der Waals surface area contributed by atoms with Gasteiger partial charge in [0.05, 0.1) is 5.56 Å². The Morgan fingerprint density at radius 2 is 1.78 bits per heavy atom. The Morgan fingerprint density at radius 1 is 1.11 bits per heavy atom. The molecule has 0 fully saturated rings. The molecule has 2 rings (SSSR count). The number of anilines is 1. The summed E-state index contributed by atoms with van der Waals surface area (Å²) in [6, 6.07) is 11.0. The summed E-state index contributed by atoms with van der Waals surface area (Å²) in [7, 11) is 0. The van der Waals surface area contributed by atoms with Crippen LogP contribution in [0.25, 0.3) is 0 Å². The molecule has 3 nitrogen and oxygen atoms in total. The van der Waals surface area contributed by atoms with Gasteiger partial charge < -0.3 is 11.5 Å². The number of hydrogen-bond donors (Lipinski definition) is 2. The Hall–Kier alpha value is -2.01. The van der Waals surface area contributed by atoms with E-state index in [1.807, 2.05) is 0 Å². The molecule has 0 aromatic heterocycles. The molecule has 0 bridgehead atoms. The zero-order valence-electron chi connectivity index (χ0n) is 9.39. The first-order valence-electron chi connectivity index (χ1n) is 5.19. The number of benzene rings is 2. The maximum Gasteiger partial charge on any atom is 0.249 e. The lowest BCUT2D eigenvalue weighted by molar-refractivity contribution is 0.0997. The molecule has 0 aliphatic rings. The first-order valence-corrected chi connectivity index (χ1v) is 6.00. The van der Waals surface area contributed by atoms with Gasteiger partial charge >= 0.3 is 0 Å². The van der Waals surface area contributed by atoms with Gasteiger partial charge in [-0.15, -0.1) is 0 Å². The van der Waals surface area contributed by atoms with E-state index in [0.717, 1.165) is 4.90 Å². The highest BCUT2D eigenvalue weighted by Gasteiger charge is 2.10. The highest BCUT2D eigenvalue weighted by Crippen LogP contribution is 2.31. The Balaban J connectivity index is 2.34. The molecule has 0 spiro atoms. The van der Waals surface area contributed by atoms with Crippen LogP contribution in [-0.4, -0.2) is 5.91 Å². The highest BCUT2D eigenvalue weighted by molar-refractivity contribution is 7.99. The van der Waals surface area contributed by atoms with Crippen molar-refractivity contribution in [3.8, 4) is 0 Å². The molecule has 2 aromatic carbocycles. The van der Waals surface area contributed by atoms with Crippen LogP contribution in [-0.2, 0) is 0 Å². The molecule has 0 aliphatic carbocycles. The van der Waals surface area contributed by atoms with Crippen molar-refractivity contribution < 1.29 is 9.18 Å². The average molecular weight is 262 g/mol. The zero-order valence-corrected chi connectivity index (χ0v) is 10.2. The minimum absolute atomic E-state index is 0.299. The standard InChI is InChI=1S/C13H11FN2OS/c14-8-1-4-10(5-2-8)18-12-6-3-9(15)7-11(12)13(16)17/h1-7H,15H2,(H2,16,17). The molecular weight excluding hydrogens is 251 g/mol. The number of amides is 1. The molecule has 92 valence electrons. The van der Waals surface area contributed by atoms with E-state index in [-0.39, 0.29) is 5.82 Å². The number of carbonyl (C=O) groups is 1. The molecule has 5 heteroatoms. The minimum Gasteiger partial charge on any atom is -0.399 e. The molecule has 0 saturated heterocycles. The van der Waals surface area contributed by atoms with E-state index in [1.165, 1.54) is 30.0 Å². The van der Waals surface area contributed by atoms with Gasteiger partial charge in [0.1, 0.15) is 5.82 Å². The number of hydrogen-bond acceptors (Lipinski definition) is 3. The van der Waals surface area contributed by atoms with Crippen molar-refractivity contribution >= 4 is 23.4 Å². The summed E-state index contributed by atoms with van der Waals surface area (Å²) in [4.78, 5) is 12.8. The van der Waals surface area contributed by atoms with E-state index in [9.17, 15) is 9.18 Å². The van der Waals surface area contributed by atoms with Crippen molar-refractivity contribution in [2.24, 2.45) is 5.73 Å². The molecule has 18 heavy (non-hydrogen) atoms. The van der Waals surface area contributed by atoms with Crippen molar-refractivity contribution in [2.75, 3.05) is 5.73 Å². The van der Waals surface area contributed by atoms with Gasteiger partial charge in [-0.05, 0) is 42.5 Å². The first kappa shape index (κ1) is 12.4. The second kappa shape index (κ2) is 5.10. The largest absolute Gasteiger partial charge is 0.399 e. The lowest BCUT2D eigenvalue weighted by Gasteiger charge is -2.07. The molecule has 0 aliphatic heterocycles. The van der Waals surface area contributed by atoms with Crippen molar-refractivity contribution in [2.45, 2.75) is 9.79 Å². The summed E-state index contributed by atoms with van der Waals surface area (Å²) in [5.74, 6) is -0.835. The predicted octanol–water partition coefficient (Wildman–Crippen LogP) is 2.66. The lowest BCUT2D eigenvalue weighted by atomic mass is 10.2. The van der Waals surface area contributed by atoms with Crippen LogP contribution in [0.5, 0.6) is 0 Å². The Bertz CT molecular complexity index is 584. The molecule has 1 amide bonds. The summed E-state index contributed by atoms with van der Waals surface area (Å²) in [6.45, 7) is 0. The van der Waals surface area contributed by atoms with Crippen molar-refractivity contribution in [3.63, 3.8) is 0 Å². The number of nitrogen functional groups attached to an aromatic ring is 1. The summed E-state index contributed by atoms with van der Waals surface area (Å²) < 4.78 is 12.8. The van der Waals surface area contributed by atoms with E-state index < -0.39 is 5.91 Å². The van der Waals surface area contributed by atoms with Crippen LogP contribution in [0.15, 0.2) is 52.3 Å². The molecule has 2 aromatic rings. The molecule has 0 heterocycles. The van der Waals surface area contributed by atoms with Crippen LogP contribution in [0.3, 0.4) is 0 Å². The molecule has 0 atom stereocenters. The zero-order chi connectivity index (χ0) is 13.1. The van der Waals surface area contributed by atoms with Crippen molar-refractivity contribution in [1.82, 2.24) is 0 Å². The van der Waals surface area contributed by atoms with E-state index in [2.05, 4.69) is 0 Å². The van der Waals surface area contributed by atoms with Gasteiger partial charge in [-0.25, -0.2) is 4.39 Å². The van der Waals surface area contributed by atoms with E-state index in [1.54, 1.807) is 24.3 Å². The molecule has 4 N–H and O–H groups in total. The highest BCUT2D eigenvalue weighted by atomic mass is 32.2. The van der Waals surface area contributed by atoms with Gasteiger partial charge in [-0.1, -0.05) is 11.8 Å². The van der Waals surface area contributed by atoms with Crippen LogP contribution in [0.4, 0.5) is 10.1 Å². The Labute approximate surface area is 108 Å². The summed E-state index contributed by atoms with van der Waals surface area (Å²) in [5, 5.41) is 0. The number of carbonyl (C=O) groups excluding carboxylic acids is 1. The second-order valence-electron chi connectivity index (χ2n) is 3.68. The van der Waals surface area contributed by atoms with Gasteiger partial charge in [0, 0.05) is 15.5 Å². The van der Waals surface area contributed by atoms with Gasteiger partial charge in [0.15, 0.2) is 0 Å². The molecule has 0 unspecified atom stereocenters. The number of nitrogens with two attached hydrogens (primary N) is 2. The third-order valence-corrected chi connectivity index (χ3v) is 3.39. The summed E-state index contributed by atoms with van der Waals surface area (Å²) in [5.41, 5.74) is 11.7. The van der Waals surface area contributed by atoms with Gasteiger partial charge in [-0.2, -0.15) is 0 Å². The van der Waals surface area contributed by atoms with E-state index in [4.69, 9.17) is 11.5 Å². The smallest absolute Gasteiger partial charge is 0.249 e.